The zero-order valence-electron chi connectivity index (χ0n) is 17.7. The number of esters is 2. The Morgan fingerprint density at radius 3 is 2.47 bits per heavy atom. The van der Waals surface area contributed by atoms with Crippen LogP contribution >= 0.6 is 0 Å². The minimum absolute atomic E-state index is 0.0920. The fourth-order valence-electron chi connectivity index (χ4n) is 3.31. The molecule has 0 amide bonds. The van der Waals surface area contributed by atoms with Crippen LogP contribution in [0.2, 0.25) is 0 Å². The van der Waals surface area contributed by atoms with Crippen molar-refractivity contribution in [1.82, 2.24) is 9.55 Å². The Labute approximate surface area is 176 Å². The Morgan fingerprint density at radius 2 is 1.87 bits per heavy atom. The fraction of sp³-hybridized carbons (Fsp3) is 0.478. The van der Waals surface area contributed by atoms with Crippen molar-refractivity contribution in [2.75, 3.05) is 6.61 Å². The van der Waals surface area contributed by atoms with Gasteiger partial charge in [0, 0.05) is 12.5 Å². The highest BCUT2D eigenvalue weighted by Gasteiger charge is 2.28. The molecule has 7 nitrogen and oxygen atoms in total. The van der Waals surface area contributed by atoms with Crippen LogP contribution in [0.25, 0.3) is 0 Å². The molecule has 1 aromatic heterocycles. The molecule has 1 heterocycles. The predicted octanol–water partition coefficient (Wildman–Crippen LogP) is 3.95. The van der Waals surface area contributed by atoms with E-state index in [1.807, 2.05) is 13.8 Å². The molecular formula is C23H28N2O5. The molecule has 0 spiro atoms. The summed E-state index contributed by atoms with van der Waals surface area (Å²) in [7, 11) is 0. The number of carbonyl (C=O) groups is 2. The topological polar surface area (TPSA) is 87.5 Å². The van der Waals surface area contributed by atoms with Gasteiger partial charge in [-0.2, -0.15) is 0 Å². The van der Waals surface area contributed by atoms with E-state index in [2.05, 4.69) is 4.98 Å². The molecular weight excluding hydrogens is 384 g/mol. The van der Waals surface area contributed by atoms with Gasteiger partial charge in [-0.15, -0.1) is 0 Å². The minimum Gasteiger partial charge on any atom is -0.461 e. The first-order chi connectivity index (χ1) is 14.4. The average molecular weight is 412 g/mol. The zero-order valence-corrected chi connectivity index (χ0v) is 17.7. The van der Waals surface area contributed by atoms with Gasteiger partial charge >= 0.3 is 11.9 Å². The predicted molar refractivity (Wildman–Crippen MR) is 112 cm³/mol. The highest BCUT2D eigenvalue weighted by Crippen LogP contribution is 2.33. The Hall–Kier alpha value is -2.96. The van der Waals surface area contributed by atoms with E-state index < -0.39 is 17.5 Å². The molecule has 1 saturated carbocycles. The minimum atomic E-state index is -0.780. The van der Waals surface area contributed by atoms with Crippen molar-refractivity contribution in [3.05, 3.63) is 57.8 Å². The van der Waals surface area contributed by atoms with E-state index in [0.717, 1.165) is 18.8 Å². The van der Waals surface area contributed by atoms with Gasteiger partial charge in [0.1, 0.15) is 5.82 Å². The van der Waals surface area contributed by atoms with Crippen LogP contribution in [0.4, 0.5) is 0 Å². The summed E-state index contributed by atoms with van der Waals surface area (Å²) in [4.78, 5) is 42.8. The summed E-state index contributed by atoms with van der Waals surface area (Å²) in [5, 5.41) is 0. The molecule has 0 unspecified atom stereocenters. The number of carbonyl (C=O) groups excluding carboxylic acids is 2. The van der Waals surface area contributed by atoms with Crippen molar-refractivity contribution < 1.29 is 19.1 Å². The molecule has 1 aromatic carbocycles. The summed E-state index contributed by atoms with van der Waals surface area (Å²) in [6.45, 7) is 6.06. The standard InChI is InChI=1S/C23H28N2O5/c1-4-29-23(28)18-19(30-22(27)17-10-6-5-7-11-17)21(26)25(20(24-18)15(2)3)14-8-9-16-12-13-16/h5-7,10-11,15-16H,4,8-9,12-14H2,1-3H3. The van der Waals surface area contributed by atoms with E-state index in [4.69, 9.17) is 9.47 Å². The molecule has 3 rings (SSSR count). The van der Waals surface area contributed by atoms with Gasteiger partial charge in [-0.25, -0.2) is 14.6 Å². The van der Waals surface area contributed by atoms with Crippen LogP contribution in [0.5, 0.6) is 5.75 Å². The van der Waals surface area contributed by atoms with Crippen molar-refractivity contribution >= 4 is 11.9 Å². The van der Waals surface area contributed by atoms with Crippen LogP contribution in [0.3, 0.4) is 0 Å². The number of benzene rings is 1. The van der Waals surface area contributed by atoms with Crippen molar-refractivity contribution in [2.45, 2.75) is 58.9 Å². The molecule has 0 aliphatic heterocycles. The Bertz CT molecular complexity index is 962. The van der Waals surface area contributed by atoms with Gasteiger partial charge in [-0.05, 0) is 37.8 Å². The normalized spacial score (nSPS) is 13.3. The third-order valence-electron chi connectivity index (χ3n) is 5.04. The molecule has 1 aliphatic carbocycles. The van der Waals surface area contributed by atoms with Gasteiger partial charge < -0.3 is 9.47 Å². The van der Waals surface area contributed by atoms with Gasteiger partial charge in [0.05, 0.1) is 12.2 Å². The summed E-state index contributed by atoms with van der Waals surface area (Å²) >= 11 is 0. The van der Waals surface area contributed by atoms with Gasteiger partial charge in [0.15, 0.2) is 5.69 Å². The van der Waals surface area contributed by atoms with Crippen LogP contribution in [-0.4, -0.2) is 28.1 Å². The second-order valence-electron chi connectivity index (χ2n) is 7.82. The molecule has 0 N–H and O–H groups in total. The van der Waals surface area contributed by atoms with Crippen molar-refractivity contribution in [1.29, 1.82) is 0 Å². The smallest absolute Gasteiger partial charge is 0.361 e. The first-order valence-electron chi connectivity index (χ1n) is 10.5. The molecule has 0 radical (unpaired) electrons. The van der Waals surface area contributed by atoms with Crippen LogP contribution in [0, 0.1) is 5.92 Å². The molecule has 0 atom stereocenters. The fourth-order valence-corrected chi connectivity index (χ4v) is 3.31. The highest BCUT2D eigenvalue weighted by molar-refractivity contribution is 5.94. The van der Waals surface area contributed by atoms with Crippen molar-refractivity contribution in [3.8, 4) is 5.75 Å². The first kappa shape index (κ1) is 21.7. The summed E-state index contributed by atoms with van der Waals surface area (Å²) < 4.78 is 12.0. The zero-order chi connectivity index (χ0) is 21.7. The Balaban J connectivity index is 2.02. The van der Waals surface area contributed by atoms with E-state index in [1.54, 1.807) is 37.3 Å². The molecule has 160 valence electrons. The Kier molecular flexibility index (Phi) is 7.03. The van der Waals surface area contributed by atoms with E-state index >= 15 is 0 Å². The summed E-state index contributed by atoms with van der Waals surface area (Å²) in [6, 6.07) is 8.32. The lowest BCUT2D eigenvalue weighted by atomic mass is 10.1. The van der Waals surface area contributed by atoms with E-state index in [9.17, 15) is 14.4 Å². The number of nitrogens with zero attached hydrogens (tertiary/aromatic N) is 2. The number of hydrogen-bond donors (Lipinski definition) is 0. The average Bonchev–Trinajstić information content (AvgIpc) is 3.55. The number of aromatic nitrogens is 2. The number of hydrogen-bond acceptors (Lipinski definition) is 6. The third kappa shape index (κ3) is 5.14. The SMILES string of the molecule is CCOC(=O)c1nc(C(C)C)n(CCCC2CC2)c(=O)c1OC(=O)c1ccccc1. The molecule has 30 heavy (non-hydrogen) atoms. The summed E-state index contributed by atoms with van der Waals surface area (Å²) in [5.41, 5.74) is -0.509. The molecule has 1 aliphatic rings. The monoisotopic (exact) mass is 412 g/mol. The lowest BCUT2D eigenvalue weighted by Crippen LogP contribution is -2.32. The maximum atomic E-state index is 13.3. The van der Waals surface area contributed by atoms with Crippen LogP contribution in [0.15, 0.2) is 35.1 Å². The van der Waals surface area contributed by atoms with Crippen molar-refractivity contribution in [2.24, 2.45) is 5.92 Å². The maximum Gasteiger partial charge on any atom is 0.361 e. The van der Waals surface area contributed by atoms with Crippen molar-refractivity contribution in [3.63, 3.8) is 0 Å². The molecule has 0 bridgehead atoms. The molecule has 2 aromatic rings. The number of ether oxygens (including phenoxy) is 2. The first-order valence-corrected chi connectivity index (χ1v) is 10.5. The van der Waals surface area contributed by atoms with Crippen LogP contribution < -0.4 is 10.3 Å². The maximum absolute atomic E-state index is 13.3. The summed E-state index contributed by atoms with van der Waals surface area (Å²) in [6.07, 6.45) is 4.36. The number of rotatable bonds is 9. The molecule has 1 fully saturated rings. The van der Waals surface area contributed by atoms with Gasteiger partial charge in [-0.3, -0.25) is 9.36 Å². The van der Waals surface area contributed by atoms with Crippen LogP contribution in [-0.2, 0) is 11.3 Å². The largest absolute Gasteiger partial charge is 0.461 e. The Morgan fingerprint density at radius 1 is 1.17 bits per heavy atom. The highest BCUT2D eigenvalue weighted by atomic mass is 16.6. The quantitative estimate of drug-likeness (QED) is 0.580. The molecule has 7 heteroatoms. The van der Waals surface area contributed by atoms with Gasteiger partial charge in [0.2, 0.25) is 5.75 Å². The molecule has 0 saturated heterocycles. The summed E-state index contributed by atoms with van der Waals surface area (Å²) in [5.74, 6) is -0.744. The van der Waals surface area contributed by atoms with Gasteiger partial charge in [0.25, 0.3) is 5.56 Å². The lowest BCUT2D eigenvalue weighted by molar-refractivity contribution is 0.0511. The van der Waals surface area contributed by atoms with Gasteiger partial charge in [-0.1, -0.05) is 44.9 Å². The third-order valence-corrected chi connectivity index (χ3v) is 5.04. The lowest BCUT2D eigenvalue weighted by Gasteiger charge is -2.18. The van der Waals surface area contributed by atoms with E-state index in [-0.39, 0.29) is 29.5 Å². The second kappa shape index (κ2) is 9.69. The van der Waals surface area contributed by atoms with E-state index in [0.29, 0.717) is 12.4 Å². The second-order valence-corrected chi connectivity index (χ2v) is 7.82. The van der Waals surface area contributed by atoms with E-state index in [1.165, 1.54) is 17.4 Å². The van der Waals surface area contributed by atoms with Crippen LogP contribution in [0.1, 0.15) is 79.0 Å².